The first-order valence-electron chi connectivity index (χ1n) is 8.76. The number of anilines is 3. The van der Waals surface area contributed by atoms with Crippen LogP contribution >= 0.6 is 0 Å². The molecule has 3 aromatic rings. The molecule has 2 aromatic carbocycles. The van der Waals surface area contributed by atoms with E-state index in [2.05, 4.69) is 26.4 Å². The van der Waals surface area contributed by atoms with Crippen molar-refractivity contribution in [3.8, 4) is 0 Å². The lowest BCUT2D eigenvalue weighted by Crippen LogP contribution is -2.13. The van der Waals surface area contributed by atoms with Crippen molar-refractivity contribution in [3.63, 3.8) is 0 Å². The first kappa shape index (κ1) is 19.1. The van der Waals surface area contributed by atoms with Crippen molar-refractivity contribution in [1.82, 2.24) is 4.98 Å². The summed E-state index contributed by atoms with van der Waals surface area (Å²) in [6.45, 7) is 4.07. The number of benzene rings is 2. The summed E-state index contributed by atoms with van der Waals surface area (Å²) in [7, 11) is 1.31. The molecule has 1 amide bonds. The van der Waals surface area contributed by atoms with Gasteiger partial charge in [0.15, 0.2) is 0 Å². The molecule has 2 N–H and O–H groups in total. The van der Waals surface area contributed by atoms with Crippen LogP contribution in [0.1, 0.15) is 31.8 Å². The fourth-order valence-electron chi connectivity index (χ4n) is 2.74. The Morgan fingerprint density at radius 3 is 2.46 bits per heavy atom. The predicted molar refractivity (Wildman–Crippen MR) is 109 cm³/mol. The fourth-order valence-corrected chi connectivity index (χ4v) is 2.74. The molecule has 0 aliphatic rings. The number of carbonyl (C=O) groups is 2. The van der Waals surface area contributed by atoms with Crippen LogP contribution in [-0.4, -0.2) is 24.0 Å². The Hall–Kier alpha value is -3.67. The Bertz CT molecular complexity index is 1010. The molecule has 0 fully saturated rings. The summed E-state index contributed by atoms with van der Waals surface area (Å²) >= 11 is 0. The minimum absolute atomic E-state index is 0.312. The average Bonchev–Trinajstić information content (AvgIpc) is 2.70. The lowest BCUT2D eigenvalue weighted by molar-refractivity contribution is 0.0600. The van der Waals surface area contributed by atoms with Crippen molar-refractivity contribution < 1.29 is 14.3 Å². The molecule has 0 bridgehead atoms. The van der Waals surface area contributed by atoms with E-state index < -0.39 is 5.97 Å². The Labute approximate surface area is 163 Å². The summed E-state index contributed by atoms with van der Waals surface area (Å²) in [6, 6.07) is 16.1. The van der Waals surface area contributed by atoms with Gasteiger partial charge in [-0.05, 0) is 55.8 Å². The Balaban J connectivity index is 1.69. The minimum atomic E-state index is -0.459. The van der Waals surface area contributed by atoms with Gasteiger partial charge in [-0.2, -0.15) is 0 Å². The molecule has 0 saturated carbocycles. The highest BCUT2D eigenvalue weighted by Gasteiger charge is 2.10. The number of hydrogen-bond donors (Lipinski definition) is 2. The molecule has 28 heavy (non-hydrogen) atoms. The number of nitrogens with zero attached hydrogens (tertiary/aromatic N) is 1. The van der Waals surface area contributed by atoms with Crippen LogP contribution in [-0.2, 0) is 4.74 Å². The van der Waals surface area contributed by atoms with Crippen molar-refractivity contribution in [2.45, 2.75) is 13.8 Å². The van der Waals surface area contributed by atoms with E-state index in [1.165, 1.54) is 18.9 Å². The number of ether oxygens (including phenoxy) is 1. The van der Waals surface area contributed by atoms with E-state index in [4.69, 9.17) is 0 Å². The number of hydrogen-bond acceptors (Lipinski definition) is 5. The third-order valence-corrected chi connectivity index (χ3v) is 4.21. The molecule has 142 valence electrons. The van der Waals surface area contributed by atoms with E-state index in [1.54, 1.807) is 36.4 Å². The monoisotopic (exact) mass is 375 g/mol. The van der Waals surface area contributed by atoms with Crippen LogP contribution in [0, 0.1) is 13.8 Å². The zero-order valence-electron chi connectivity index (χ0n) is 15.9. The largest absolute Gasteiger partial charge is 0.465 e. The molecule has 0 spiro atoms. The highest BCUT2D eigenvalue weighted by atomic mass is 16.5. The van der Waals surface area contributed by atoms with Crippen LogP contribution in [0.15, 0.2) is 60.8 Å². The topological polar surface area (TPSA) is 80.3 Å². The van der Waals surface area contributed by atoms with Crippen LogP contribution in [0.5, 0.6) is 0 Å². The Morgan fingerprint density at radius 2 is 1.79 bits per heavy atom. The van der Waals surface area contributed by atoms with Crippen molar-refractivity contribution in [3.05, 3.63) is 83.0 Å². The molecule has 6 nitrogen and oxygen atoms in total. The molecule has 0 saturated heterocycles. The third-order valence-electron chi connectivity index (χ3n) is 4.21. The summed E-state index contributed by atoms with van der Waals surface area (Å²) < 4.78 is 4.69. The molecule has 1 aromatic heterocycles. The molecule has 1 heterocycles. The highest BCUT2D eigenvalue weighted by molar-refractivity contribution is 6.04. The van der Waals surface area contributed by atoms with Gasteiger partial charge in [0, 0.05) is 17.6 Å². The van der Waals surface area contributed by atoms with E-state index in [-0.39, 0.29) is 5.91 Å². The smallest absolute Gasteiger partial charge is 0.337 e. The van der Waals surface area contributed by atoms with Gasteiger partial charge < -0.3 is 15.4 Å². The van der Waals surface area contributed by atoms with Crippen LogP contribution in [0.2, 0.25) is 0 Å². The number of rotatable bonds is 5. The number of carbonyl (C=O) groups excluding carboxylic acids is 2. The quantitative estimate of drug-likeness (QED) is 0.643. The van der Waals surface area contributed by atoms with Gasteiger partial charge in [-0.15, -0.1) is 0 Å². The Kier molecular flexibility index (Phi) is 5.69. The summed E-state index contributed by atoms with van der Waals surface area (Å²) in [5.41, 5.74) is 4.56. The van der Waals surface area contributed by atoms with Crippen LogP contribution in [0.4, 0.5) is 17.2 Å². The van der Waals surface area contributed by atoms with Gasteiger partial charge in [0.05, 0.1) is 18.2 Å². The second-order valence-corrected chi connectivity index (χ2v) is 6.40. The summed E-state index contributed by atoms with van der Waals surface area (Å²) in [6.07, 6.45) is 1.51. The standard InChI is InChI=1S/C22H21N3O3/c1-14-7-9-19(15(2)11-14)25-20-10-8-17(13-23-20)21(26)24-18-6-4-5-16(12-18)22(27)28-3/h4-13H,1-3H3,(H,23,25)(H,24,26). The molecule has 0 radical (unpaired) electrons. The number of amides is 1. The van der Waals surface area contributed by atoms with Crippen molar-refractivity contribution >= 4 is 29.1 Å². The first-order valence-corrected chi connectivity index (χ1v) is 8.76. The predicted octanol–water partition coefficient (Wildman–Crippen LogP) is 4.48. The van der Waals surface area contributed by atoms with Crippen LogP contribution in [0.25, 0.3) is 0 Å². The molecule has 6 heteroatoms. The normalized spacial score (nSPS) is 10.2. The lowest BCUT2D eigenvalue weighted by Gasteiger charge is -2.10. The summed E-state index contributed by atoms with van der Waals surface area (Å²) in [5, 5.41) is 6.00. The van der Waals surface area contributed by atoms with Gasteiger partial charge in [-0.25, -0.2) is 9.78 Å². The van der Waals surface area contributed by atoms with E-state index >= 15 is 0 Å². The van der Waals surface area contributed by atoms with E-state index in [1.807, 2.05) is 26.0 Å². The van der Waals surface area contributed by atoms with E-state index in [0.717, 1.165) is 11.3 Å². The fraction of sp³-hybridized carbons (Fsp3) is 0.136. The van der Waals surface area contributed by atoms with Gasteiger partial charge in [-0.3, -0.25) is 4.79 Å². The van der Waals surface area contributed by atoms with Gasteiger partial charge in [0.1, 0.15) is 5.82 Å². The lowest BCUT2D eigenvalue weighted by atomic mass is 10.1. The second kappa shape index (κ2) is 8.35. The summed E-state index contributed by atoms with van der Waals surface area (Å²) in [5.74, 6) is -0.122. The molecular weight excluding hydrogens is 354 g/mol. The molecule has 0 atom stereocenters. The van der Waals surface area contributed by atoms with Gasteiger partial charge in [-0.1, -0.05) is 23.8 Å². The third kappa shape index (κ3) is 4.54. The number of esters is 1. The molecule has 0 aliphatic heterocycles. The number of nitrogens with one attached hydrogen (secondary N) is 2. The van der Waals surface area contributed by atoms with Crippen LogP contribution < -0.4 is 10.6 Å². The van der Waals surface area contributed by atoms with Crippen molar-refractivity contribution in [2.24, 2.45) is 0 Å². The number of methoxy groups -OCH3 is 1. The zero-order valence-corrected chi connectivity index (χ0v) is 15.9. The second-order valence-electron chi connectivity index (χ2n) is 6.40. The maximum absolute atomic E-state index is 12.4. The minimum Gasteiger partial charge on any atom is -0.465 e. The SMILES string of the molecule is COC(=O)c1cccc(NC(=O)c2ccc(Nc3ccc(C)cc3C)nc2)c1. The molecular formula is C22H21N3O3. The van der Waals surface area contributed by atoms with Gasteiger partial charge in [0.2, 0.25) is 0 Å². The number of aromatic nitrogens is 1. The van der Waals surface area contributed by atoms with E-state index in [9.17, 15) is 9.59 Å². The highest BCUT2D eigenvalue weighted by Crippen LogP contribution is 2.20. The maximum Gasteiger partial charge on any atom is 0.337 e. The summed E-state index contributed by atoms with van der Waals surface area (Å²) in [4.78, 5) is 28.4. The van der Waals surface area contributed by atoms with Crippen molar-refractivity contribution in [2.75, 3.05) is 17.7 Å². The van der Waals surface area contributed by atoms with Crippen LogP contribution in [0.3, 0.4) is 0 Å². The molecule has 0 aliphatic carbocycles. The van der Waals surface area contributed by atoms with Gasteiger partial charge in [0.25, 0.3) is 5.91 Å². The molecule has 0 unspecified atom stereocenters. The number of pyridine rings is 1. The van der Waals surface area contributed by atoms with Crippen molar-refractivity contribution in [1.29, 1.82) is 0 Å². The van der Waals surface area contributed by atoms with Gasteiger partial charge >= 0.3 is 5.97 Å². The molecule has 3 rings (SSSR count). The Morgan fingerprint density at radius 1 is 0.964 bits per heavy atom. The van der Waals surface area contributed by atoms with E-state index in [0.29, 0.717) is 22.6 Å². The first-order chi connectivity index (χ1) is 13.5. The maximum atomic E-state index is 12.4. The number of aryl methyl sites for hydroxylation is 2. The zero-order chi connectivity index (χ0) is 20.1. The average molecular weight is 375 g/mol.